The van der Waals surface area contributed by atoms with E-state index >= 15 is 0 Å². The fourth-order valence-electron chi connectivity index (χ4n) is 1.25. The number of halogens is 2. The monoisotopic (exact) mass is 276 g/mol. The van der Waals surface area contributed by atoms with Gasteiger partial charge in [0.25, 0.3) is 0 Å². The van der Waals surface area contributed by atoms with Crippen molar-refractivity contribution in [3.05, 3.63) is 28.2 Å². The largest absolute Gasteiger partial charge is 0.489 e. The molecular formula is C11H14Cl2N2O2. The van der Waals surface area contributed by atoms with Crippen LogP contribution in [0.2, 0.25) is 10.0 Å². The Kier molecular flexibility index (Phi) is 5.55. The van der Waals surface area contributed by atoms with Crippen molar-refractivity contribution in [2.75, 3.05) is 0 Å². The Balaban J connectivity index is 2.50. The van der Waals surface area contributed by atoms with Crippen LogP contribution in [0, 0.1) is 0 Å². The zero-order valence-corrected chi connectivity index (χ0v) is 10.9. The quantitative estimate of drug-likeness (QED) is 0.494. The molecule has 0 fully saturated rings. The molecule has 0 saturated carbocycles. The molecule has 6 heteroatoms. The smallest absolute Gasteiger partial charge is 0.234 e. The summed E-state index contributed by atoms with van der Waals surface area (Å²) >= 11 is 11.7. The van der Waals surface area contributed by atoms with E-state index in [9.17, 15) is 4.79 Å². The van der Waals surface area contributed by atoms with E-state index in [1.54, 1.807) is 18.2 Å². The summed E-state index contributed by atoms with van der Waals surface area (Å²) in [6, 6.07) is 5.00. The molecule has 4 nitrogen and oxygen atoms in total. The summed E-state index contributed by atoms with van der Waals surface area (Å²) in [6.45, 7) is 1.86. The SMILES string of the molecule is CC(CCC(=O)NN)Oc1ccc(Cl)cc1Cl. The van der Waals surface area contributed by atoms with Crippen molar-refractivity contribution in [1.82, 2.24) is 5.43 Å². The van der Waals surface area contributed by atoms with Crippen LogP contribution in [0.15, 0.2) is 18.2 Å². The van der Waals surface area contributed by atoms with Gasteiger partial charge in [-0.2, -0.15) is 0 Å². The average Bonchev–Trinajstić information content (AvgIpc) is 2.29. The molecule has 17 heavy (non-hydrogen) atoms. The maximum Gasteiger partial charge on any atom is 0.234 e. The zero-order chi connectivity index (χ0) is 12.8. The number of hydrogen-bond donors (Lipinski definition) is 2. The number of carbonyl (C=O) groups excluding carboxylic acids is 1. The van der Waals surface area contributed by atoms with Gasteiger partial charge in [0.15, 0.2) is 0 Å². The average molecular weight is 277 g/mol. The first-order valence-corrected chi connectivity index (χ1v) is 5.89. The van der Waals surface area contributed by atoms with Gasteiger partial charge < -0.3 is 4.74 Å². The number of hydrogen-bond acceptors (Lipinski definition) is 3. The molecule has 1 aromatic rings. The summed E-state index contributed by atoms with van der Waals surface area (Å²) in [7, 11) is 0. The minimum absolute atomic E-state index is 0.133. The van der Waals surface area contributed by atoms with Gasteiger partial charge in [0.05, 0.1) is 11.1 Å². The lowest BCUT2D eigenvalue weighted by atomic mass is 10.2. The fraction of sp³-hybridized carbons (Fsp3) is 0.364. The summed E-state index contributed by atoms with van der Waals surface area (Å²) in [5.74, 6) is 5.31. The van der Waals surface area contributed by atoms with Gasteiger partial charge >= 0.3 is 0 Å². The molecule has 1 unspecified atom stereocenters. The van der Waals surface area contributed by atoms with E-state index in [2.05, 4.69) is 5.43 Å². The minimum atomic E-state index is -0.220. The Bertz CT molecular complexity index is 399. The van der Waals surface area contributed by atoms with Crippen LogP contribution < -0.4 is 16.0 Å². The second-order valence-electron chi connectivity index (χ2n) is 3.61. The highest BCUT2D eigenvalue weighted by Crippen LogP contribution is 2.28. The molecule has 0 radical (unpaired) electrons. The van der Waals surface area contributed by atoms with Crippen molar-refractivity contribution in [3.63, 3.8) is 0 Å². The van der Waals surface area contributed by atoms with E-state index in [-0.39, 0.29) is 12.0 Å². The van der Waals surface area contributed by atoms with Gasteiger partial charge in [-0.15, -0.1) is 0 Å². The Morgan fingerprint density at radius 1 is 1.53 bits per heavy atom. The molecule has 0 aliphatic rings. The van der Waals surface area contributed by atoms with Gasteiger partial charge in [0.2, 0.25) is 5.91 Å². The van der Waals surface area contributed by atoms with Crippen LogP contribution in [0.25, 0.3) is 0 Å². The van der Waals surface area contributed by atoms with Crippen LogP contribution in [0.1, 0.15) is 19.8 Å². The van der Waals surface area contributed by atoms with Crippen LogP contribution in [0.5, 0.6) is 5.75 Å². The van der Waals surface area contributed by atoms with Gasteiger partial charge in [0.1, 0.15) is 5.75 Å². The number of hydrazine groups is 1. The third-order valence-corrected chi connectivity index (χ3v) is 2.69. The number of rotatable bonds is 5. The van der Waals surface area contributed by atoms with Gasteiger partial charge in [-0.25, -0.2) is 5.84 Å². The third kappa shape index (κ3) is 4.81. The molecule has 1 atom stereocenters. The van der Waals surface area contributed by atoms with Gasteiger partial charge in [-0.05, 0) is 31.5 Å². The molecule has 0 aromatic heterocycles. The predicted octanol–water partition coefficient (Wildman–Crippen LogP) is 2.53. The first-order valence-electron chi connectivity index (χ1n) is 5.14. The second-order valence-corrected chi connectivity index (χ2v) is 4.45. The lowest BCUT2D eigenvalue weighted by Crippen LogP contribution is -2.30. The number of carbonyl (C=O) groups is 1. The Hall–Kier alpha value is -0.970. The third-order valence-electron chi connectivity index (χ3n) is 2.16. The number of nitrogens with one attached hydrogen (secondary N) is 1. The molecule has 0 aliphatic carbocycles. The molecule has 3 N–H and O–H groups in total. The maximum atomic E-state index is 10.9. The molecular weight excluding hydrogens is 263 g/mol. The van der Waals surface area contributed by atoms with Crippen molar-refractivity contribution in [2.24, 2.45) is 5.84 Å². The molecule has 94 valence electrons. The van der Waals surface area contributed by atoms with Crippen molar-refractivity contribution in [3.8, 4) is 5.75 Å². The summed E-state index contributed by atoms with van der Waals surface area (Å²) in [4.78, 5) is 10.9. The maximum absolute atomic E-state index is 10.9. The molecule has 1 amide bonds. The van der Waals surface area contributed by atoms with E-state index in [0.717, 1.165) is 0 Å². The van der Waals surface area contributed by atoms with Gasteiger partial charge in [-0.3, -0.25) is 10.2 Å². The van der Waals surface area contributed by atoms with Gasteiger partial charge in [0, 0.05) is 11.4 Å². The molecule has 0 heterocycles. The number of benzene rings is 1. The fourth-order valence-corrected chi connectivity index (χ4v) is 1.71. The first kappa shape index (κ1) is 14.1. The molecule has 0 aliphatic heterocycles. The summed E-state index contributed by atoms with van der Waals surface area (Å²) in [5, 5.41) is 1.00. The number of ether oxygens (including phenoxy) is 1. The van der Waals surface area contributed by atoms with Crippen molar-refractivity contribution in [2.45, 2.75) is 25.9 Å². The van der Waals surface area contributed by atoms with E-state index < -0.39 is 0 Å². The normalized spacial score (nSPS) is 12.0. The van der Waals surface area contributed by atoms with E-state index in [0.29, 0.717) is 28.6 Å². The minimum Gasteiger partial charge on any atom is -0.489 e. The van der Waals surface area contributed by atoms with Crippen LogP contribution in [0.3, 0.4) is 0 Å². The summed E-state index contributed by atoms with van der Waals surface area (Å²) < 4.78 is 5.58. The highest BCUT2D eigenvalue weighted by atomic mass is 35.5. The molecule has 1 rings (SSSR count). The Morgan fingerprint density at radius 2 is 2.24 bits per heavy atom. The summed E-state index contributed by atoms with van der Waals surface area (Å²) in [6.07, 6.45) is 0.733. The van der Waals surface area contributed by atoms with E-state index in [1.807, 2.05) is 6.92 Å². The highest BCUT2D eigenvalue weighted by molar-refractivity contribution is 6.35. The van der Waals surface area contributed by atoms with Crippen molar-refractivity contribution < 1.29 is 9.53 Å². The predicted molar refractivity (Wildman–Crippen MR) is 68.1 cm³/mol. The van der Waals surface area contributed by atoms with Gasteiger partial charge in [-0.1, -0.05) is 23.2 Å². The molecule has 1 aromatic carbocycles. The standard InChI is InChI=1S/C11H14Cl2N2O2/c1-7(2-5-11(16)15-14)17-10-4-3-8(12)6-9(10)13/h3-4,6-7H,2,5,14H2,1H3,(H,15,16). The van der Waals surface area contributed by atoms with E-state index in [1.165, 1.54) is 0 Å². The molecule has 0 saturated heterocycles. The molecule has 0 bridgehead atoms. The second kappa shape index (κ2) is 6.69. The molecule has 0 spiro atoms. The zero-order valence-electron chi connectivity index (χ0n) is 9.37. The lowest BCUT2D eigenvalue weighted by molar-refractivity contribution is -0.121. The first-order chi connectivity index (χ1) is 8.02. The van der Waals surface area contributed by atoms with Crippen molar-refractivity contribution >= 4 is 29.1 Å². The van der Waals surface area contributed by atoms with Crippen molar-refractivity contribution in [1.29, 1.82) is 0 Å². The highest BCUT2D eigenvalue weighted by Gasteiger charge is 2.09. The Labute approximate surface area is 110 Å². The summed E-state index contributed by atoms with van der Waals surface area (Å²) in [5.41, 5.74) is 2.07. The topological polar surface area (TPSA) is 64.4 Å². The van der Waals surface area contributed by atoms with E-state index in [4.69, 9.17) is 33.8 Å². The van der Waals surface area contributed by atoms with Crippen LogP contribution in [0.4, 0.5) is 0 Å². The lowest BCUT2D eigenvalue weighted by Gasteiger charge is -2.15. The number of amides is 1. The Morgan fingerprint density at radius 3 is 2.82 bits per heavy atom. The number of nitrogens with two attached hydrogens (primary N) is 1. The van der Waals surface area contributed by atoms with Crippen LogP contribution >= 0.6 is 23.2 Å². The van der Waals surface area contributed by atoms with Crippen LogP contribution in [-0.4, -0.2) is 12.0 Å². The van der Waals surface area contributed by atoms with Crippen LogP contribution in [-0.2, 0) is 4.79 Å².